The highest BCUT2D eigenvalue weighted by molar-refractivity contribution is 5.32. The Morgan fingerprint density at radius 2 is 1.94 bits per heavy atom. The molecule has 0 aliphatic rings. The predicted octanol–water partition coefficient (Wildman–Crippen LogP) is 3.24. The first-order valence-corrected chi connectivity index (χ1v) is 4.18. The average molecular weight is 254 g/mol. The number of nitriles is 1. The van der Waals surface area contributed by atoms with Crippen molar-refractivity contribution in [1.82, 2.24) is 4.98 Å². The van der Waals surface area contributed by atoms with Gasteiger partial charge in [0.1, 0.15) is 0 Å². The van der Waals surface area contributed by atoms with E-state index in [0.29, 0.717) is 0 Å². The molecule has 2 nitrogen and oxygen atoms in total. The van der Waals surface area contributed by atoms with Crippen molar-refractivity contribution in [2.45, 2.75) is 19.0 Å². The summed E-state index contributed by atoms with van der Waals surface area (Å²) in [5.41, 5.74) is -4.32. The molecular formula is C9H4F6N2. The quantitative estimate of drug-likeness (QED) is 0.759. The van der Waals surface area contributed by atoms with Crippen molar-refractivity contribution in [2.75, 3.05) is 0 Å². The summed E-state index contributed by atoms with van der Waals surface area (Å²) in [5, 5.41) is 8.24. The number of hydrogen-bond donors (Lipinski definition) is 0. The van der Waals surface area contributed by atoms with Crippen molar-refractivity contribution in [2.24, 2.45) is 0 Å². The molecule has 0 spiro atoms. The van der Waals surface area contributed by atoms with E-state index < -0.39 is 41.7 Å². The van der Waals surface area contributed by atoms with Crippen molar-refractivity contribution in [3.63, 3.8) is 0 Å². The number of pyridine rings is 1. The zero-order valence-electron chi connectivity index (χ0n) is 8.02. The minimum Gasteiger partial charge on any atom is -0.256 e. The lowest BCUT2D eigenvalue weighted by Crippen LogP contribution is -2.14. The summed E-state index contributed by atoms with van der Waals surface area (Å²) in [4.78, 5) is 3.03. The first-order chi connectivity index (χ1) is 7.79. The van der Waals surface area contributed by atoms with Crippen molar-refractivity contribution >= 4 is 0 Å². The Labute approximate surface area is 91.5 Å². The first-order valence-electron chi connectivity index (χ1n) is 4.18. The van der Waals surface area contributed by atoms with E-state index in [-0.39, 0.29) is 6.20 Å². The van der Waals surface area contributed by atoms with Crippen LogP contribution in [0, 0.1) is 17.1 Å². The summed E-state index contributed by atoms with van der Waals surface area (Å²) < 4.78 is 75.0. The largest absolute Gasteiger partial charge is 0.418 e. The molecule has 0 aromatic carbocycles. The van der Waals surface area contributed by atoms with Gasteiger partial charge in [-0.05, 0) is 0 Å². The maximum Gasteiger partial charge on any atom is 0.418 e. The molecule has 8 heteroatoms. The summed E-state index contributed by atoms with van der Waals surface area (Å²) in [6.07, 6.45) is -9.32. The molecule has 0 unspecified atom stereocenters. The van der Waals surface area contributed by atoms with Gasteiger partial charge in [-0.2, -0.15) is 18.4 Å². The van der Waals surface area contributed by atoms with Gasteiger partial charge in [0, 0.05) is 6.20 Å². The summed E-state index contributed by atoms with van der Waals surface area (Å²) in [6.45, 7) is 0. The highest BCUT2D eigenvalue weighted by Gasteiger charge is 2.38. The molecule has 0 aliphatic heterocycles. The van der Waals surface area contributed by atoms with Crippen molar-refractivity contribution < 1.29 is 26.3 Å². The summed E-state index contributed by atoms with van der Waals surface area (Å²) in [7, 11) is 0. The van der Waals surface area contributed by atoms with E-state index in [0.717, 1.165) is 0 Å². The number of rotatable bonds is 2. The smallest absolute Gasteiger partial charge is 0.256 e. The Morgan fingerprint density at radius 1 is 1.35 bits per heavy atom. The van der Waals surface area contributed by atoms with Crippen molar-refractivity contribution in [3.8, 4) is 6.07 Å². The molecule has 0 bridgehead atoms. The van der Waals surface area contributed by atoms with Gasteiger partial charge in [0.05, 0.1) is 29.3 Å². The second-order valence-electron chi connectivity index (χ2n) is 2.98. The molecule has 0 saturated carbocycles. The third kappa shape index (κ3) is 2.67. The summed E-state index contributed by atoms with van der Waals surface area (Å²) in [5.74, 6) is -1.78. The maximum absolute atomic E-state index is 13.3. The molecule has 0 atom stereocenters. The van der Waals surface area contributed by atoms with Crippen LogP contribution in [-0.2, 0) is 12.6 Å². The van der Waals surface area contributed by atoms with Gasteiger partial charge in [0.15, 0.2) is 5.82 Å². The zero-order chi connectivity index (χ0) is 13.2. The van der Waals surface area contributed by atoms with E-state index in [2.05, 4.69) is 4.98 Å². The van der Waals surface area contributed by atoms with Gasteiger partial charge in [-0.1, -0.05) is 0 Å². The Bertz CT molecular complexity index is 460. The Hall–Kier alpha value is -1.78. The van der Waals surface area contributed by atoms with E-state index >= 15 is 0 Å². The van der Waals surface area contributed by atoms with Gasteiger partial charge in [-0.25, -0.2) is 13.2 Å². The van der Waals surface area contributed by atoms with Crippen LogP contribution in [0.25, 0.3) is 0 Å². The van der Waals surface area contributed by atoms with Gasteiger partial charge >= 0.3 is 6.18 Å². The standard InChI is InChI=1S/C9H4F6N2/c10-7-5(1-2-16)17-3-4(9(13,14)15)6(7)8(11)12/h3,8H,1H2. The molecule has 1 rings (SSSR count). The molecule has 1 heterocycles. The van der Waals surface area contributed by atoms with Crippen LogP contribution in [0.1, 0.15) is 23.2 Å². The van der Waals surface area contributed by atoms with E-state index in [4.69, 9.17) is 5.26 Å². The normalized spacial score (nSPS) is 11.6. The van der Waals surface area contributed by atoms with Crippen LogP contribution in [0.5, 0.6) is 0 Å². The minimum atomic E-state index is -5.12. The van der Waals surface area contributed by atoms with Gasteiger partial charge in [0.25, 0.3) is 6.43 Å². The fourth-order valence-corrected chi connectivity index (χ4v) is 1.18. The van der Waals surface area contributed by atoms with E-state index in [1.165, 1.54) is 6.07 Å². The van der Waals surface area contributed by atoms with Crippen LogP contribution in [-0.4, -0.2) is 4.98 Å². The number of aromatic nitrogens is 1. The fourth-order valence-electron chi connectivity index (χ4n) is 1.18. The van der Waals surface area contributed by atoms with Gasteiger partial charge < -0.3 is 0 Å². The average Bonchev–Trinajstić information content (AvgIpc) is 2.18. The molecular weight excluding hydrogens is 250 g/mol. The monoisotopic (exact) mass is 254 g/mol. The van der Waals surface area contributed by atoms with Crippen LogP contribution in [0.15, 0.2) is 6.20 Å². The highest BCUT2D eigenvalue weighted by atomic mass is 19.4. The maximum atomic E-state index is 13.3. The van der Waals surface area contributed by atoms with Crippen LogP contribution in [0.2, 0.25) is 0 Å². The van der Waals surface area contributed by atoms with E-state index in [1.54, 1.807) is 0 Å². The molecule has 0 saturated heterocycles. The fraction of sp³-hybridized carbons (Fsp3) is 0.333. The number of nitrogens with zero attached hydrogens (tertiary/aromatic N) is 2. The number of hydrogen-bond acceptors (Lipinski definition) is 2. The van der Waals surface area contributed by atoms with E-state index in [1.807, 2.05) is 0 Å². The third-order valence-corrected chi connectivity index (χ3v) is 1.90. The van der Waals surface area contributed by atoms with Crippen LogP contribution in [0.4, 0.5) is 26.3 Å². The summed E-state index contributed by atoms with van der Waals surface area (Å²) in [6, 6.07) is 1.42. The lowest BCUT2D eigenvalue weighted by Gasteiger charge is -2.13. The second-order valence-corrected chi connectivity index (χ2v) is 2.98. The number of halogens is 6. The van der Waals surface area contributed by atoms with Crippen molar-refractivity contribution in [1.29, 1.82) is 5.26 Å². The van der Waals surface area contributed by atoms with Crippen molar-refractivity contribution in [3.05, 3.63) is 28.8 Å². The highest BCUT2D eigenvalue weighted by Crippen LogP contribution is 2.37. The topological polar surface area (TPSA) is 36.7 Å². The second kappa shape index (κ2) is 4.61. The predicted molar refractivity (Wildman–Crippen MR) is 43.5 cm³/mol. The first kappa shape index (κ1) is 13.3. The van der Waals surface area contributed by atoms with Gasteiger partial charge in [0.2, 0.25) is 0 Å². The van der Waals surface area contributed by atoms with E-state index in [9.17, 15) is 26.3 Å². The van der Waals surface area contributed by atoms with Crippen LogP contribution < -0.4 is 0 Å². The Morgan fingerprint density at radius 3 is 2.35 bits per heavy atom. The van der Waals surface area contributed by atoms with Gasteiger partial charge in [-0.15, -0.1) is 0 Å². The molecule has 17 heavy (non-hydrogen) atoms. The van der Waals surface area contributed by atoms with Crippen LogP contribution in [0.3, 0.4) is 0 Å². The summed E-state index contributed by atoms with van der Waals surface area (Å²) >= 11 is 0. The lowest BCUT2D eigenvalue weighted by atomic mass is 10.1. The third-order valence-electron chi connectivity index (χ3n) is 1.90. The molecule has 0 amide bonds. The van der Waals surface area contributed by atoms with Gasteiger partial charge in [-0.3, -0.25) is 4.98 Å². The molecule has 92 valence electrons. The Balaban J connectivity index is 3.46. The molecule has 0 aliphatic carbocycles. The molecule has 0 radical (unpaired) electrons. The SMILES string of the molecule is N#CCc1ncc(C(F)(F)F)c(C(F)F)c1F. The number of alkyl halides is 5. The molecule has 1 aromatic heterocycles. The van der Waals surface area contributed by atoms with Crippen LogP contribution >= 0.6 is 0 Å². The minimum absolute atomic E-state index is 0.108. The zero-order valence-corrected chi connectivity index (χ0v) is 8.02. The lowest BCUT2D eigenvalue weighted by molar-refractivity contribution is -0.140. The molecule has 0 N–H and O–H groups in total. The molecule has 0 fully saturated rings. The molecule has 1 aromatic rings. The Kier molecular flexibility index (Phi) is 3.60.